The maximum Gasteiger partial charge on any atom is 0.310 e. The highest BCUT2D eigenvalue weighted by molar-refractivity contribution is 5.75. The Morgan fingerprint density at radius 3 is 2.04 bits per heavy atom. The molecule has 2 aromatic carbocycles. The molecular weight excluding hydrogens is 364 g/mol. The molecular formula is C21H24O7. The van der Waals surface area contributed by atoms with E-state index < -0.39 is 23.9 Å². The molecule has 0 spiro atoms. The lowest BCUT2D eigenvalue weighted by atomic mass is 9.70. The maximum atomic E-state index is 12.0. The number of hydrogen-bond donors (Lipinski definition) is 2. The number of benzene rings is 2. The van der Waals surface area contributed by atoms with E-state index in [0.29, 0.717) is 28.6 Å². The number of ether oxygens (including phenoxy) is 4. The molecule has 0 unspecified atom stereocenters. The largest absolute Gasteiger partial charge is 0.493 e. The Balaban J connectivity index is 2.23. The van der Waals surface area contributed by atoms with Gasteiger partial charge in [-0.15, -0.1) is 0 Å². The van der Waals surface area contributed by atoms with Crippen molar-refractivity contribution in [1.29, 1.82) is 0 Å². The average molecular weight is 388 g/mol. The number of methoxy groups -OCH3 is 4. The summed E-state index contributed by atoms with van der Waals surface area (Å²) in [5, 5.41) is 20.5. The summed E-state index contributed by atoms with van der Waals surface area (Å²) in [5.41, 5.74) is 2.31. The molecule has 0 aliphatic heterocycles. The third-order valence-electron chi connectivity index (χ3n) is 5.24. The number of carbonyl (C=O) groups is 1. The van der Waals surface area contributed by atoms with Crippen molar-refractivity contribution in [3.63, 3.8) is 0 Å². The molecule has 2 N–H and O–H groups in total. The lowest BCUT2D eigenvalue weighted by Crippen LogP contribution is -2.39. The summed E-state index contributed by atoms with van der Waals surface area (Å²) in [5.74, 6) is -0.582. The van der Waals surface area contributed by atoms with E-state index in [9.17, 15) is 15.0 Å². The number of rotatable bonds is 6. The Hall–Kier alpha value is -2.93. The Labute approximate surface area is 163 Å². The smallest absolute Gasteiger partial charge is 0.310 e. The van der Waals surface area contributed by atoms with Gasteiger partial charge in [-0.1, -0.05) is 6.07 Å². The van der Waals surface area contributed by atoms with Gasteiger partial charge in [0.05, 0.1) is 40.5 Å². The fourth-order valence-electron chi connectivity index (χ4n) is 3.91. The predicted octanol–water partition coefficient (Wildman–Crippen LogP) is 2.47. The first-order chi connectivity index (χ1) is 13.4. The van der Waals surface area contributed by atoms with Gasteiger partial charge in [0.2, 0.25) is 0 Å². The van der Waals surface area contributed by atoms with Crippen LogP contribution in [-0.4, -0.2) is 50.7 Å². The van der Waals surface area contributed by atoms with E-state index in [0.717, 1.165) is 11.1 Å². The molecule has 1 aliphatic rings. The first-order valence-corrected chi connectivity index (χ1v) is 8.82. The average Bonchev–Trinajstić information content (AvgIpc) is 2.70. The van der Waals surface area contributed by atoms with Gasteiger partial charge in [-0.25, -0.2) is 0 Å². The standard InChI is InChI=1S/C21H24O7/c1-25-15-6-5-11(8-16(15)26-2)19-13-10-18(28-4)17(27-3)9-12(13)7-14(22)20(19)21(23)24/h5-6,8-10,14,19-20,22H,7H2,1-4H3,(H,23,24)/t14-,19-,20+/m1/s1. The second-order valence-electron chi connectivity index (χ2n) is 6.63. The molecule has 3 atom stereocenters. The minimum atomic E-state index is -1.06. The van der Waals surface area contributed by atoms with Crippen molar-refractivity contribution < 1.29 is 34.0 Å². The molecule has 0 aromatic heterocycles. The van der Waals surface area contributed by atoms with Crippen molar-refractivity contribution >= 4 is 5.97 Å². The number of aliphatic hydroxyl groups is 1. The molecule has 0 saturated heterocycles. The molecule has 0 heterocycles. The van der Waals surface area contributed by atoms with Crippen LogP contribution in [0.3, 0.4) is 0 Å². The van der Waals surface area contributed by atoms with E-state index in [2.05, 4.69) is 0 Å². The zero-order valence-corrected chi connectivity index (χ0v) is 16.3. The van der Waals surface area contributed by atoms with Crippen LogP contribution < -0.4 is 18.9 Å². The van der Waals surface area contributed by atoms with E-state index in [1.165, 1.54) is 28.4 Å². The third-order valence-corrected chi connectivity index (χ3v) is 5.24. The van der Waals surface area contributed by atoms with Gasteiger partial charge in [0.25, 0.3) is 0 Å². The van der Waals surface area contributed by atoms with E-state index in [1.54, 1.807) is 30.3 Å². The Bertz CT molecular complexity index is 877. The molecule has 28 heavy (non-hydrogen) atoms. The Kier molecular flexibility index (Phi) is 5.65. The van der Waals surface area contributed by atoms with Crippen LogP contribution in [-0.2, 0) is 11.2 Å². The molecule has 0 bridgehead atoms. The van der Waals surface area contributed by atoms with Gasteiger partial charge in [-0.3, -0.25) is 4.79 Å². The van der Waals surface area contributed by atoms with Crippen molar-refractivity contribution in [2.45, 2.75) is 18.4 Å². The summed E-state index contributed by atoms with van der Waals surface area (Å²) in [6, 6.07) is 8.85. The number of carboxylic acid groups (broad SMARTS) is 1. The Morgan fingerprint density at radius 1 is 0.893 bits per heavy atom. The molecule has 0 saturated carbocycles. The minimum absolute atomic E-state index is 0.219. The minimum Gasteiger partial charge on any atom is -0.493 e. The summed E-state index contributed by atoms with van der Waals surface area (Å²) in [6.45, 7) is 0. The van der Waals surface area contributed by atoms with E-state index in [1.807, 2.05) is 0 Å². The molecule has 7 nitrogen and oxygen atoms in total. The van der Waals surface area contributed by atoms with E-state index in [4.69, 9.17) is 18.9 Å². The Morgan fingerprint density at radius 2 is 1.46 bits per heavy atom. The molecule has 2 aromatic rings. The number of aliphatic carboxylic acids is 1. The zero-order valence-electron chi connectivity index (χ0n) is 16.3. The van der Waals surface area contributed by atoms with Crippen LogP contribution in [0.1, 0.15) is 22.6 Å². The SMILES string of the molecule is COc1ccc([C@@H]2c3cc(OC)c(OC)cc3C[C@@H](O)[C@@H]2C(=O)O)cc1OC. The third kappa shape index (κ3) is 3.33. The highest BCUT2D eigenvalue weighted by Gasteiger charge is 2.42. The summed E-state index contributed by atoms with van der Waals surface area (Å²) in [6.07, 6.45) is -0.822. The molecule has 1 aliphatic carbocycles. The highest BCUT2D eigenvalue weighted by atomic mass is 16.5. The quantitative estimate of drug-likeness (QED) is 0.785. The highest BCUT2D eigenvalue weighted by Crippen LogP contribution is 2.46. The fraction of sp³-hybridized carbons (Fsp3) is 0.381. The summed E-state index contributed by atoms with van der Waals surface area (Å²) >= 11 is 0. The van der Waals surface area contributed by atoms with Gasteiger partial charge in [-0.2, -0.15) is 0 Å². The van der Waals surface area contributed by atoms with Crippen molar-refractivity contribution in [3.05, 3.63) is 47.0 Å². The molecule has 7 heteroatoms. The first kappa shape index (κ1) is 19.8. The number of carboxylic acids is 1. The topological polar surface area (TPSA) is 94.5 Å². The molecule has 3 rings (SSSR count). The lowest BCUT2D eigenvalue weighted by Gasteiger charge is -2.35. The van der Waals surface area contributed by atoms with Crippen LogP contribution in [0, 0.1) is 5.92 Å². The van der Waals surface area contributed by atoms with Crippen LogP contribution >= 0.6 is 0 Å². The van der Waals surface area contributed by atoms with Crippen molar-refractivity contribution in [2.24, 2.45) is 5.92 Å². The van der Waals surface area contributed by atoms with Crippen LogP contribution in [0.5, 0.6) is 23.0 Å². The molecule has 150 valence electrons. The number of fused-ring (bicyclic) bond motifs is 1. The van der Waals surface area contributed by atoms with Gasteiger partial charge in [0.15, 0.2) is 23.0 Å². The summed E-state index contributed by atoms with van der Waals surface area (Å²) < 4.78 is 21.4. The number of hydrogen-bond acceptors (Lipinski definition) is 6. The van der Waals surface area contributed by atoms with Crippen molar-refractivity contribution in [2.75, 3.05) is 28.4 Å². The molecule has 0 radical (unpaired) electrons. The second kappa shape index (κ2) is 7.98. The fourth-order valence-corrected chi connectivity index (χ4v) is 3.91. The van der Waals surface area contributed by atoms with Crippen LogP contribution in [0.2, 0.25) is 0 Å². The predicted molar refractivity (Wildman–Crippen MR) is 102 cm³/mol. The van der Waals surface area contributed by atoms with Crippen molar-refractivity contribution in [3.8, 4) is 23.0 Å². The maximum absolute atomic E-state index is 12.0. The van der Waals surface area contributed by atoms with Gasteiger partial charge in [-0.05, 0) is 47.4 Å². The van der Waals surface area contributed by atoms with Crippen LogP contribution in [0.4, 0.5) is 0 Å². The van der Waals surface area contributed by atoms with E-state index >= 15 is 0 Å². The molecule has 0 fully saturated rings. The van der Waals surface area contributed by atoms with Crippen LogP contribution in [0.25, 0.3) is 0 Å². The second-order valence-corrected chi connectivity index (χ2v) is 6.63. The first-order valence-electron chi connectivity index (χ1n) is 8.82. The summed E-state index contributed by atoms with van der Waals surface area (Å²) in [7, 11) is 6.12. The lowest BCUT2D eigenvalue weighted by molar-refractivity contribution is -0.146. The van der Waals surface area contributed by atoms with Gasteiger partial charge >= 0.3 is 5.97 Å². The summed E-state index contributed by atoms with van der Waals surface area (Å²) in [4.78, 5) is 12.0. The van der Waals surface area contributed by atoms with Crippen LogP contribution in [0.15, 0.2) is 30.3 Å². The van der Waals surface area contributed by atoms with Gasteiger partial charge in [0.1, 0.15) is 0 Å². The van der Waals surface area contributed by atoms with Gasteiger partial charge in [0, 0.05) is 5.92 Å². The van der Waals surface area contributed by atoms with Crippen molar-refractivity contribution in [1.82, 2.24) is 0 Å². The van der Waals surface area contributed by atoms with E-state index in [-0.39, 0.29) is 6.42 Å². The normalized spacial score (nSPS) is 20.8. The zero-order chi connectivity index (χ0) is 20.4. The molecule has 0 amide bonds. The monoisotopic (exact) mass is 388 g/mol. The number of aliphatic hydroxyl groups excluding tert-OH is 1. The van der Waals surface area contributed by atoms with Gasteiger partial charge < -0.3 is 29.2 Å².